The van der Waals surface area contributed by atoms with Crippen LogP contribution in [-0.2, 0) is 4.74 Å². The average Bonchev–Trinajstić information content (AvgIpc) is 3.31. The van der Waals surface area contributed by atoms with Gasteiger partial charge in [-0.15, -0.1) is 5.10 Å². The number of hydrogen-bond donors (Lipinski definition) is 1. The molecule has 0 saturated heterocycles. The first-order chi connectivity index (χ1) is 12.6. The van der Waals surface area contributed by atoms with Crippen molar-refractivity contribution in [3.8, 4) is 5.69 Å². The molecule has 0 bridgehead atoms. The lowest BCUT2D eigenvalue weighted by molar-refractivity contribution is 0.0696. The minimum Gasteiger partial charge on any atom is -0.478 e. The van der Waals surface area contributed by atoms with Gasteiger partial charge in [-0.05, 0) is 42.5 Å². The zero-order valence-electron chi connectivity index (χ0n) is 14.1. The quantitative estimate of drug-likeness (QED) is 0.784. The van der Waals surface area contributed by atoms with E-state index in [1.807, 2.05) is 60.4 Å². The van der Waals surface area contributed by atoms with Crippen LogP contribution in [0.25, 0.3) is 5.69 Å². The molecule has 1 atom stereocenters. The Morgan fingerprint density at radius 2 is 1.73 bits per heavy atom. The van der Waals surface area contributed by atoms with E-state index in [4.69, 9.17) is 9.84 Å². The maximum absolute atomic E-state index is 11.0. The zero-order chi connectivity index (χ0) is 18.1. The fraction of sp³-hybridized carbons (Fsp3) is 0.100. The lowest BCUT2D eigenvalue weighted by atomic mass is 10.1. The number of carbonyl (C=O) groups is 1. The average molecular weight is 347 g/mol. The molecule has 1 N–H and O–H groups in total. The van der Waals surface area contributed by atoms with Gasteiger partial charge in [0.2, 0.25) is 12.1 Å². The van der Waals surface area contributed by atoms with Gasteiger partial charge in [0.15, 0.2) is 0 Å². The highest BCUT2D eigenvalue weighted by Gasteiger charge is 2.29. The van der Waals surface area contributed by atoms with E-state index in [1.165, 1.54) is 0 Å². The van der Waals surface area contributed by atoms with Crippen LogP contribution in [0.4, 0.5) is 0 Å². The van der Waals surface area contributed by atoms with E-state index in [-0.39, 0.29) is 11.8 Å². The molecule has 2 heterocycles. The summed E-state index contributed by atoms with van der Waals surface area (Å²) in [6.45, 7) is 0. The summed E-state index contributed by atoms with van der Waals surface area (Å²) in [6, 6.07) is 18.5. The number of aromatic nitrogens is 1. The van der Waals surface area contributed by atoms with Gasteiger partial charge in [-0.3, -0.25) is 5.01 Å². The van der Waals surface area contributed by atoms with Crippen LogP contribution in [-0.4, -0.2) is 33.6 Å². The van der Waals surface area contributed by atoms with Crippen LogP contribution in [0.1, 0.15) is 27.7 Å². The van der Waals surface area contributed by atoms with Crippen molar-refractivity contribution in [3.63, 3.8) is 0 Å². The zero-order valence-corrected chi connectivity index (χ0v) is 14.1. The molecule has 2 aromatic carbocycles. The molecular weight excluding hydrogens is 330 g/mol. The second-order valence-electron chi connectivity index (χ2n) is 5.98. The lowest BCUT2D eigenvalue weighted by Crippen LogP contribution is -2.17. The second-order valence-corrected chi connectivity index (χ2v) is 5.98. The number of ether oxygens (including phenoxy) is 1. The summed E-state index contributed by atoms with van der Waals surface area (Å²) < 4.78 is 8.13. The van der Waals surface area contributed by atoms with Gasteiger partial charge in [0.05, 0.1) is 11.3 Å². The molecule has 0 radical (unpaired) electrons. The number of para-hydroxylation sites is 1. The molecule has 0 fully saturated rings. The van der Waals surface area contributed by atoms with E-state index in [9.17, 15) is 4.79 Å². The fourth-order valence-electron chi connectivity index (χ4n) is 2.97. The molecule has 0 amide bonds. The minimum atomic E-state index is -0.957. The van der Waals surface area contributed by atoms with Crippen molar-refractivity contribution < 1.29 is 14.6 Å². The third kappa shape index (κ3) is 2.82. The molecule has 0 aliphatic carbocycles. The molecule has 1 aliphatic rings. The van der Waals surface area contributed by atoms with Gasteiger partial charge in [0.25, 0.3) is 0 Å². The van der Waals surface area contributed by atoms with Crippen LogP contribution in [0, 0.1) is 0 Å². The fourth-order valence-corrected chi connectivity index (χ4v) is 2.97. The second kappa shape index (κ2) is 6.40. The third-order valence-corrected chi connectivity index (χ3v) is 4.28. The Morgan fingerprint density at radius 3 is 2.42 bits per heavy atom. The number of aromatic carboxylic acids is 1. The number of hydrazone groups is 1. The van der Waals surface area contributed by atoms with E-state index in [2.05, 4.69) is 5.10 Å². The van der Waals surface area contributed by atoms with Crippen molar-refractivity contribution in [1.82, 2.24) is 9.58 Å². The van der Waals surface area contributed by atoms with Crippen molar-refractivity contribution >= 4 is 11.9 Å². The summed E-state index contributed by atoms with van der Waals surface area (Å²) in [5.41, 5.74) is 2.98. The maximum Gasteiger partial charge on any atom is 0.335 e. The Balaban J connectivity index is 1.63. The maximum atomic E-state index is 11.0. The molecule has 4 rings (SSSR count). The van der Waals surface area contributed by atoms with Crippen LogP contribution in [0.15, 0.2) is 78.2 Å². The predicted octanol–water partition coefficient (Wildman–Crippen LogP) is 3.50. The normalized spacial score (nSPS) is 16.3. The number of nitrogens with zero attached hydrogens (tertiary/aromatic N) is 3. The Labute approximate surface area is 150 Å². The predicted molar refractivity (Wildman–Crippen MR) is 97.3 cm³/mol. The van der Waals surface area contributed by atoms with Gasteiger partial charge in [-0.2, -0.15) is 0 Å². The van der Waals surface area contributed by atoms with Gasteiger partial charge in [-0.25, -0.2) is 4.79 Å². The standard InChI is InChI=1S/C20H17N3O3/c1-22-19(16-6-2-3-7-17(16)23-12-4-5-13-23)26-18(21-22)14-8-10-15(11-9-14)20(24)25/h2-13,19H,1H3,(H,24,25). The van der Waals surface area contributed by atoms with Crippen LogP contribution >= 0.6 is 0 Å². The summed E-state index contributed by atoms with van der Waals surface area (Å²) in [4.78, 5) is 11.0. The number of carboxylic acids is 1. The lowest BCUT2D eigenvalue weighted by Gasteiger charge is -2.21. The van der Waals surface area contributed by atoms with Gasteiger partial charge in [0, 0.05) is 30.6 Å². The van der Waals surface area contributed by atoms with Crippen molar-refractivity contribution in [2.24, 2.45) is 5.10 Å². The molecule has 0 saturated carbocycles. The van der Waals surface area contributed by atoms with E-state index in [1.54, 1.807) is 29.3 Å². The van der Waals surface area contributed by atoms with E-state index in [0.717, 1.165) is 16.8 Å². The third-order valence-electron chi connectivity index (χ3n) is 4.28. The first kappa shape index (κ1) is 16.0. The molecule has 26 heavy (non-hydrogen) atoms. The van der Waals surface area contributed by atoms with Crippen molar-refractivity contribution in [1.29, 1.82) is 0 Å². The highest BCUT2D eigenvalue weighted by molar-refractivity contribution is 5.96. The highest BCUT2D eigenvalue weighted by Crippen LogP contribution is 2.32. The minimum absolute atomic E-state index is 0.232. The molecule has 130 valence electrons. The van der Waals surface area contributed by atoms with Crippen molar-refractivity contribution in [2.45, 2.75) is 6.23 Å². The molecular formula is C20H17N3O3. The highest BCUT2D eigenvalue weighted by atomic mass is 16.5. The Bertz CT molecular complexity index is 962. The summed E-state index contributed by atoms with van der Waals surface area (Å²) >= 11 is 0. The largest absolute Gasteiger partial charge is 0.478 e. The first-order valence-corrected chi connectivity index (χ1v) is 8.17. The number of carboxylic acid groups (broad SMARTS) is 1. The molecule has 1 aliphatic heterocycles. The van der Waals surface area contributed by atoms with E-state index >= 15 is 0 Å². The number of hydrogen-bond acceptors (Lipinski definition) is 4. The van der Waals surface area contributed by atoms with Gasteiger partial charge in [-0.1, -0.05) is 18.2 Å². The first-order valence-electron chi connectivity index (χ1n) is 8.17. The molecule has 0 spiro atoms. The smallest absolute Gasteiger partial charge is 0.335 e. The Hall–Kier alpha value is -3.54. The summed E-state index contributed by atoms with van der Waals surface area (Å²) in [5.74, 6) is -0.488. The summed E-state index contributed by atoms with van der Waals surface area (Å²) in [5, 5.41) is 15.3. The molecule has 1 unspecified atom stereocenters. The van der Waals surface area contributed by atoms with Crippen LogP contribution in [0.2, 0.25) is 0 Å². The number of benzene rings is 2. The van der Waals surface area contributed by atoms with Crippen LogP contribution < -0.4 is 0 Å². The molecule has 1 aromatic heterocycles. The SMILES string of the molecule is CN1N=C(c2ccc(C(=O)O)cc2)OC1c1ccccc1-n1cccc1. The topological polar surface area (TPSA) is 67.1 Å². The summed E-state index contributed by atoms with van der Waals surface area (Å²) in [6.07, 6.45) is 3.61. The van der Waals surface area contributed by atoms with Gasteiger partial charge in [0.1, 0.15) is 0 Å². The molecule has 3 aromatic rings. The van der Waals surface area contributed by atoms with Gasteiger partial charge >= 0.3 is 5.97 Å². The number of rotatable bonds is 4. The summed E-state index contributed by atoms with van der Waals surface area (Å²) in [7, 11) is 1.86. The molecule has 6 heteroatoms. The monoisotopic (exact) mass is 347 g/mol. The Kier molecular flexibility index (Phi) is 3.93. The van der Waals surface area contributed by atoms with Crippen LogP contribution in [0.5, 0.6) is 0 Å². The van der Waals surface area contributed by atoms with Crippen molar-refractivity contribution in [3.05, 3.63) is 89.7 Å². The van der Waals surface area contributed by atoms with Crippen molar-refractivity contribution in [2.75, 3.05) is 7.05 Å². The van der Waals surface area contributed by atoms with E-state index in [0.29, 0.717) is 5.90 Å². The molecule has 6 nitrogen and oxygen atoms in total. The Morgan fingerprint density at radius 1 is 1.04 bits per heavy atom. The van der Waals surface area contributed by atoms with Crippen LogP contribution in [0.3, 0.4) is 0 Å². The van der Waals surface area contributed by atoms with Gasteiger partial charge < -0.3 is 14.4 Å². The van der Waals surface area contributed by atoms with E-state index < -0.39 is 5.97 Å².